The van der Waals surface area contributed by atoms with Gasteiger partial charge < -0.3 is 0 Å². The first-order valence-corrected chi connectivity index (χ1v) is 11.6. The van der Waals surface area contributed by atoms with Crippen LogP contribution in [-0.2, 0) is 20.1 Å². The molecule has 0 aliphatic rings. The highest BCUT2D eigenvalue weighted by Crippen LogP contribution is 2.13. The zero-order chi connectivity index (χ0) is 18.2. The van der Waals surface area contributed by atoms with Crippen LogP contribution in [-0.4, -0.2) is 15.0 Å². The quantitative estimate of drug-likeness (QED) is 0.256. The van der Waals surface area contributed by atoms with Gasteiger partial charge in [0.05, 0.1) is 6.61 Å². The molecule has 0 amide bonds. The van der Waals surface area contributed by atoms with E-state index in [1.54, 1.807) is 0 Å². The highest BCUT2D eigenvalue weighted by molar-refractivity contribution is 7.85. The van der Waals surface area contributed by atoms with Gasteiger partial charge in [0.15, 0.2) is 0 Å². The smallest absolute Gasteiger partial charge is 0.270 e. The minimum Gasteiger partial charge on any atom is -0.270 e. The third kappa shape index (κ3) is 13.1. The van der Waals surface area contributed by atoms with E-state index in [9.17, 15) is 8.42 Å². The van der Waals surface area contributed by atoms with Crippen molar-refractivity contribution in [2.75, 3.05) is 6.61 Å². The lowest BCUT2D eigenvalue weighted by molar-refractivity contribution is 0.305. The highest BCUT2D eigenvalue weighted by Gasteiger charge is 2.11. The molecular weight excluding hydrogens is 332 g/mol. The molecule has 0 saturated carbocycles. The van der Waals surface area contributed by atoms with Gasteiger partial charge in [0, 0.05) is 0 Å². The van der Waals surface area contributed by atoms with Gasteiger partial charge in [-0.1, -0.05) is 108 Å². The van der Waals surface area contributed by atoms with E-state index >= 15 is 0 Å². The van der Waals surface area contributed by atoms with E-state index in [0.717, 1.165) is 18.4 Å². The van der Waals surface area contributed by atoms with Gasteiger partial charge >= 0.3 is 0 Å². The van der Waals surface area contributed by atoms with Crippen LogP contribution in [0.3, 0.4) is 0 Å². The fraction of sp³-hybridized carbons (Fsp3) is 0.714. The number of hydrogen-bond acceptors (Lipinski definition) is 3. The maximum Gasteiger partial charge on any atom is 0.271 e. The van der Waals surface area contributed by atoms with Crippen molar-refractivity contribution in [3.63, 3.8) is 0 Å². The summed E-state index contributed by atoms with van der Waals surface area (Å²) in [4.78, 5) is 0. The van der Waals surface area contributed by atoms with E-state index < -0.39 is 10.1 Å². The molecule has 0 saturated heterocycles. The van der Waals surface area contributed by atoms with Crippen LogP contribution in [0.25, 0.3) is 0 Å². The van der Waals surface area contributed by atoms with Gasteiger partial charge in [0.1, 0.15) is 5.75 Å². The molecule has 0 aliphatic heterocycles. The Morgan fingerprint density at radius 2 is 1.20 bits per heavy atom. The van der Waals surface area contributed by atoms with Crippen LogP contribution in [0, 0.1) is 0 Å². The normalized spacial score (nSPS) is 11.7. The molecule has 0 spiro atoms. The fourth-order valence-electron chi connectivity index (χ4n) is 2.95. The number of benzene rings is 1. The zero-order valence-electron chi connectivity index (χ0n) is 15.9. The van der Waals surface area contributed by atoms with Crippen molar-refractivity contribution >= 4 is 10.1 Å². The first-order valence-electron chi connectivity index (χ1n) is 10.0. The first-order chi connectivity index (χ1) is 12.1. The second kappa shape index (κ2) is 14.3. The average Bonchev–Trinajstić information content (AvgIpc) is 2.59. The Morgan fingerprint density at radius 1 is 0.720 bits per heavy atom. The van der Waals surface area contributed by atoms with Crippen molar-refractivity contribution in [3.05, 3.63) is 35.9 Å². The Bertz CT molecular complexity index is 511. The van der Waals surface area contributed by atoms with Gasteiger partial charge in [-0.25, -0.2) is 0 Å². The molecule has 1 aromatic carbocycles. The lowest BCUT2D eigenvalue weighted by atomic mass is 10.1. The number of hydrogen-bond donors (Lipinski definition) is 0. The summed E-state index contributed by atoms with van der Waals surface area (Å²) in [5, 5.41) is 0. The third-order valence-corrected chi connectivity index (χ3v) is 5.66. The van der Waals surface area contributed by atoms with Crippen LogP contribution in [0.2, 0.25) is 0 Å². The van der Waals surface area contributed by atoms with Crippen molar-refractivity contribution in [2.24, 2.45) is 0 Å². The first kappa shape index (κ1) is 22.2. The van der Waals surface area contributed by atoms with E-state index in [1.807, 2.05) is 30.3 Å². The summed E-state index contributed by atoms with van der Waals surface area (Å²) in [7, 11) is -3.45. The lowest BCUT2D eigenvalue weighted by Gasteiger charge is -2.06. The van der Waals surface area contributed by atoms with Gasteiger partial charge in [0.25, 0.3) is 10.1 Å². The van der Waals surface area contributed by atoms with Crippen molar-refractivity contribution in [3.8, 4) is 0 Å². The van der Waals surface area contributed by atoms with E-state index in [1.165, 1.54) is 64.2 Å². The molecule has 0 unspecified atom stereocenters. The van der Waals surface area contributed by atoms with E-state index in [4.69, 9.17) is 4.18 Å². The topological polar surface area (TPSA) is 43.4 Å². The summed E-state index contributed by atoms with van der Waals surface area (Å²) in [6.45, 7) is 2.57. The van der Waals surface area contributed by atoms with Crippen molar-refractivity contribution in [2.45, 2.75) is 89.7 Å². The summed E-state index contributed by atoms with van der Waals surface area (Å²) in [6.07, 6.45) is 15.2. The van der Waals surface area contributed by atoms with Crippen LogP contribution in [0.5, 0.6) is 0 Å². The number of unbranched alkanes of at least 4 members (excludes halogenated alkanes) is 11. The summed E-state index contributed by atoms with van der Waals surface area (Å²) in [5.74, 6) is -0.0356. The Balaban J connectivity index is 1.91. The lowest BCUT2D eigenvalue weighted by Crippen LogP contribution is -2.09. The molecule has 0 aromatic heterocycles. The molecular formula is C21H36O3S. The standard InChI is InChI=1S/C21H36O3S/c1-2-3-4-5-6-7-8-9-10-11-12-16-19-24-25(22,23)20-21-17-14-13-15-18-21/h13-15,17-18H,2-12,16,19-20H2,1H3. The molecule has 1 rings (SSSR count). The average molecular weight is 369 g/mol. The second-order valence-corrected chi connectivity index (χ2v) is 8.54. The molecule has 0 radical (unpaired) electrons. The van der Waals surface area contributed by atoms with E-state index in [2.05, 4.69) is 6.92 Å². The molecule has 144 valence electrons. The zero-order valence-corrected chi connectivity index (χ0v) is 16.7. The largest absolute Gasteiger partial charge is 0.271 e. The molecule has 0 N–H and O–H groups in total. The third-order valence-electron chi connectivity index (χ3n) is 4.45. The van der Waals surface area contributed by atoms with Crippen LogP contribution in [0.15, 0.2) is 30.3 Å². The number of rotatable bonds is 16. The van der Waals surface area contributed by atoms with Crippen LogP contribution in [0.4, 0.5) is 0 Å². The van der Waals surface area contributed by atoms with Crippen molar-refractivity contribution in [1.29, 1.82) is 0 Å². The monoisotopic (exact) mass is 368 g/mol. The van der Waals surface area contributed by atoms with Crippen molar-refractivity contribution in [1.82, 2.24) is 0 Å². The molecule has 4 heteroatoms. The van der Waals surface area contributed by atoms with Crippen LogP contribution >= 0.6 is 0 Å². The second-order valence-electron chi connectivity index (χ2n) is 6.90. The molecule has 0 fully saturated rings. The molecule has 0 atom stereocenters. The minimum absolute atomic E-state index is 0.0356. The SMILES string of the molecule is CCCCCCCCCCCCCCOS(=O)(=O)Cc1ccccc1. The molecule has 0 bridgehead atoms. The van der Waals surface area contributed by atoms with Gasteiger partial charge in [0.2, 0.25) is 0 Å². The summed E-state index contributed by atoms with van der Waals surface area (Å²) in [5.41, 5.74) is 0.775. The molecule has 25 heavy (non-hydrogen) atoms. The minimum atomic E-state index is -3.45. The van der Waals surface area contributed by atoms with Gasteiger partial charge in [-0.2, -0.15) is 8.42 Å². The Kier molecular flexibility index (Phi) is 12.7. The molecule has 0 heterocycles. The molecule has 1 aromatic rings. The predicted molar refractivity (Wildman–Crippen MR) is 106 cm³/mol. The van der Waals surface area contributed by atoms with Gasteiger partial charge in [-0.3, -0.25) is 4.18 Å². The van der Waals surface area contributed by atoms with Crippen molar-refractivity contribution < 1.29 is 12.6 Å². The van der Waals surface area contributed by atoms with E-state index in [-0.39, 0.29) is 5.75 Å². The summed E-state index contributed by atoms with van der Waals surface area (Å²) >= 11 is 0. The van der Waals surface area contributed by atoms with Crippen LogP contribution in [0.1, 0.15) is 89.5 Å². The summed E-state index contributed by atoms with van der Waals surface area (Å²) < 4.78 is 28.9. The Morgan fingerprint density at radius 3 is 1.72 bits per heavy atom. The van der Waals surface area contributed by atoms with Gasteiger partial charge in [-0.05, 0) is 12.0 Å². The Labute approximate surface area is 155 Å². The highest BCUT2D eigenvalue weighted by atomic mass is 32.2. The van der Waals surface area contributed by atoms with E-state index in [0.29, 0.717) is 6.61 Å². The molecule has 3 nitrogen and oxygen atoms in total. The van der Waals surface area contributed by atoms with Gasteiger partial charge in [-0.15, -0.1) is 0 Å². The fourth-order valence-corrected chi connectivity index (χ4v) is 4.00. The maximum atomic E-state index is 11.9. The molecule has 0 aliphatic carbocycles. The summed E-state index contributed by atoms with van der Waals surface area (Å²) in [6, 6.07) is 9.19. The Hall–Kier alpha value is -0.870. The maximum absolute atomic E-state index is 11.9. The van der Waals surface area contributed by atoms with Crippen LogP contribution < -0.4 is 0 Å². The predicted octanol–water partition coefficient (Wildman–Crippen LogP) is 6.23.